The second kappa shape index (κ2) is 7.80. The van der Waals surface area contributed by atoms with E-state index in [2.05, 4.69) is 5.10 Å². The van der Waals surface area contributed by atoms with Crippen LogP contribution < -0.4 is 5.43 Å². The first-order chi connectivity index (χ1) is 12.9. The van der Waals surface area contributed by atoms with Crippen LogP contribution in [0, 0.1) is 33.4 Å². The number of benzene rings is 2. The summed E-state index contributed by atoms with van der Waals surface area (Å²) in [7, 11) is 0. The van der Waals surface area contributed by atoms with Crippen LogP contribution in [0.1, 0.15) is 11.1 Å². The molecule has 0 amide bonds. The fraction of sp³-hybridized carbons (Fsp3) is 0.0714. The number of anilines is 1. The van der Waals surface area contributed by atoms with Crippen molar-refractivity contribution in [1.82, 2.24) is 0 Å². The number of hydrogen-bond acceptors (Lipinski definition) is 4. The molecule has 2 rings (SSSR count). The van der Waals surface area contributed by atoms with E-state index < -0.39 is 51.3 Å². The van der Waals surface area contributed by atoms with Crippen molar-refractivity contribution in [2.24, 2.45) is 5.10 Å². The van der Waals surface area contributed by atoms with Crippen molar-refractivity contribution in [3.63, 3.8) is 0 Å². The van der Waals surface area contributed by atoms with Gasteiger partial charge < -0.3 is 0 Å². The highest BCUT2D eigenvalue weighted by atomic mass is 35.5. The number of nitrogens with one attached hydrogen (secondary N) is 1. The summed E-state index contributed by atoms with van der Waals surface area (Å²) in [4.78, 5) is 9.93. The van der Waals surface area contributed by atoms with E-state index in [-0.39, 0.29) is 15.6 Å². The number of alkyl halides is 3. The van der Waals surface area contributed by atoms with Crippen LogP contribution in [0.25, 0.3) is 0 Å². The highest BCUT2D eigenvalue weighted by Gasteiger charge is 2.42. The minimum Gasteiger partial charge on any atom is -0.272 e. The Kier molecular flexibility index (Phi) is 6.04. The molecule has 0 aliphatic heterocycles. The number of nitro benzene ring substituents is 1. The largest absolute Gasteiger partial charge is 0.422 e. The molecule has 0 atom stereocenters. The molecule has 1 N–H and O–H groups in total. The molecule has 5 nitrogen and oxygen atoms in total. The number of hydrazone groups is 1. The number of nitrogens with zero attached hydrogens (tertiary/aromatic N) is 2. The predicted octanol–water partition coefficient (Wildman–Crippen LogP) is 5.92. The fourth-order valence-electron chi connectivity index (χ4n) is 1.94. The number of rotatable bonds is 4. The third-order valence-corrected chi connectivity index (χ3v) is 3.82. The van der Waals surface area contributed by atoms with Gasteiger partial charge in [0.1, 0.15) is 16.3 Å². The summed E-state index contributed by atoms with van der Waals surface area (Å²) in [6.45, 7) is 0. The van der Waals surface area contributed by atoms with Gasteiger partial charge in [-0.1, -0.05) is 23.2 Å². The second-order valence-corrected chi connectivity index (χ2v) is 5.77. The maximum Gasteiger partial charge on any atom is 0.422 e. The van der Waals surface area contributed by atoms with Gasteiger partial charge in [-0.15, -0.1) is 0 Å². The normalized spacial score (nSPS) is 11.9. The van der Waals surface area contributed by atoms with Crippen molar-refractivity contribution in [1.29, 1.82) is 0 Å². The number of nitro groups is 1. The quantitative estimate of drug-likeness (QED) is 0.207. The van der Waals surface area contributed by atoms with Crippen molar-refractivity contribution in [3.8, 4) is 0 Å². The van der Waals surface area contributed by atoms with Gasteiger partial charge in [0.15, 0.2) is 23.3 Å². The van der Waals surface area contributed by atoms with Gasteiger partial charge in [0.2, 0.25) is 0 Å². The molecule has 0 bridgehead atoms. The Morgan fingerprint density at radius 2 is 1.54 bits per heavy atom. The number of halogens is 9. The van der Waals surface area contributed by atoms with E-state index in [9.17, 15) is 40.8 Å². The molecule has 14 heteroatoms. The van der Waals surface area contributed by atoms with Crippen LogP contribution in [0.15, 0.2) is 17.2 Å². The molecule has 28 heavy (non-hydrogen) atoms. The van der Waals surface area contributed by atoms with Gasteiger partial charge in [0.05, 0.1) is 16.2 Å². The maximum atomic E-state index is 13.7. The molecule has 2 aromatic rings. The van der Waals surface area contributed by atoms with E-state index in [4.69, 9.17) is 23.2 Å². The molecule has 0 aliphatic carbocycles. The second-order valence-electron chi connectivity index (χ2n) is 4.96. The van der Waals surface area contributed by atoms with E-state index in [0.29, 0.717) is 6.21 Å². The Hall–Kier alpha value is -2.60. The first kappa shape index (κ1) is 21.7. The lowest BCUT2D eigenvalue weighted by molar-refractivity contribution is -0.384. The smallest absolute Gasteiger partial charge is 0.272 e. The lowest BCUT2D eigenvalue weighted by Gasteiger charge is -2.13. The average molecular weight is 450 g/mol. The topological polar surface area (TPSA) is 67.5 Å². The van der Waals surface area contributed by atoms with Crippen LogP contribution >= 0.6 is 23.2 Å². The Morgan fingerprint density at radius 3 is 2.00 bits per heavy atom. The average Bonchev–Trinajstić information content (AvgIpc) is 2.56. The third kappa shape index (κ3) is 4.12. The summed E-state index contributed by atoms with van der Waals surface area (Å²) in [6.07, 6.45) is -5.02. The lowest BCUT2D eigenvalue weighted by atomic mass is 10.1. The zero-order chi connectivity index (χ0) is 21.4. The molecule has 0 aromatic heterocycles. The van der Waals surface area contributed by atoms with Crippen molar-refractivity contribution in [3.05, 3.63) is 66.7 Å². The van der Waals surface area contributed by atoms with Crippen LogP contribution in [0.3, 0.4) is 0 Å². The van der Waals surface area contributed by atoms with Gasteiger partial charge >= 0.3 is 6.18 Å². The summed E-state index contributed by atoms with van der Waals surface area (Å²) in [5.41, 5.74) is -3.70. The Bertz CT molecular complexity index is 967. The van der Waals surface area contributed by atoms with Crippen molar-refractivity contribution >= 4 is 40.8 Å². The molecule has 0 radical (unpaired) electrons. The molecule has 0 spiro atoms. The van der Waals surface area contributed by atoms with Crippen LogP contribution in [0.2, 0.25) is 10.0 Å². The highest BCUT2D eigenvalue weighted by Crippen LogP contribution is 2.38. The van der Waals surface area contributed by atoms with Gasteiger partial charge in [0, 0.05) is 11.6 Å². The van der Waals surface area contributed by atoms with E-state index in [1.165, 1.54) is 5.43 Å². The van der Waals surface area contributed by atoms with Gasteiger partial charge in [0.25, 0.3) is 5.69 Å². The van der Waals surface area contributed by atoms with E-state index in [1.807, 2.05) is 0 Å². The summed E-state index contributed by atoms with van der Waals surface area (Å²) in [5.74, 6) is -10.1. The molecular formula is C14H4Cl2F7N3O2. The zero-order valence-electron chi connectivity index (χ0n) is 12.8. The Morgan fingerprint density at radius 1 is 1.00 bits per heavy atom. The van der Waals surface area contributed by atoms with Gasteiger partial charge in [-0.25, -0.2) is 17.6 Å². The van der Waals surface area contributed by atoms with E-state index in [1.54, 1.807) is 0 Å². The summed E-state index contributed by atoms with van der Waals surface area (Å²) < 4.78 is 91.9. The lowest BCUT2D eigenvalue weighted by Crippen LogP contribution is -2.16. The fourth-order valence-corrected chi connectivity index (χ4v) is 2.44. The minimum absolute atomic E-state index is 0.188. The van der Waals surface area contributed by atoms with E-state index >= 15 is 0 Å². The first-order valence-electron chi connectivity index (χ1n) is 6.71. The minimum atomic E-state index is -5.69. The van der Waals surface area contributed by atoms with Crippen LogP contribution in [-0.4, -0.2) is 11.1 Å². The maximum absolute atomic E-state index is 13.7. The predicted molar refractivity (Wildman–Crippen MR) is 85.6 cm³/mol. The Labute approximate surface area is 160 Å². The summed E-state index contributed by atoms with van der Waals surface area (Å²) in [6, 6.07) is 1.79. The SMILES string of the molecule is O=[N+]([O-])c1cc(/C=N/Nc2c(F)c(F)c(C(F)(F)F)c(F)c2F)c(Cl)cc1Cl. The monoisotopic (exact) mass is 449 g/mol. The molecule has 0 aliphatic rings. The van der Waals surface area contributed by atoms with Crippen LogP contribution in [0.5, 0.6) is 0 Å². The van der Waals surface area contributed by atoms with Gasteiger partial charge in [-0.2, -0.15) is 18.3 Å². The highest BCUT2D eigenvalue weighted by molar-refractivity contribution is 6.37. The van der Waals surface area contributed by atoms with Crippen LogP contribution in [0.4, 0.5) is 42.1 Å². The first-order valence-corrected chi connectivity index (χ1v) is 7.47. The standard InChI is InChI=1S/C14H4Cl2F7N3O2/c15-5-2-6(16)7(26(27)28)1-4(5)3-24-25-13-11(19)9(17)8(14(21,22)23)10(18)12(13)20/h1-3,25H/b24-3+. The molecule has 150 valence electrons. The molecular weight excluding hydrogens is 446 g/mol. The van der Waals surface area contributed by atoms with Gasteiger partial charge in [-0.05, 0) is 6.07 Å². The molecule has 0 unspecified atom stereocenters. The molecule has 0 saturated heterocycles. The van der Waals surface area contributed by atoms with Crippen molar-refractivity contribution < 1.29 is 35.7 Å². The van der Waals surface area contributed by atoms with Crippen LogP contribution in [-0.2, 0) is 6.18 Å². The van der Waals surface area contributed by atoms with Crippen molar-refractivity contribution in [2.75, 3.05) is 5.43 Å². The third-order valence-electron chi connectivity index (χ3n) is 3.19. The summed E-state index contributed by atoms with van der Waals surface area (Å²) in [5, 5.41) is 13.5. The van der Waals surface area contributed by atoms with Gasteiger partial charge in [-0.3, -0.25) is 15.5 Å². The zero-order valence-corrected chi connectivity index (χ0v) is 14.4. The van der Waals surface area contributed by atoms with Crippen molar-refractivity contribution in [2.45, 2.75) is 6.18 Å². The molecule has 0 heterocycles. The number of hydrogen-bond donors (Lipinski definition) is 1. The molecule has 2 aromatic carbocycles. The summed E-state index contributed by atoms with van der Waals surface area (Å²) >= 11 is 11.3. The molecule has 0 fully saturated rings. The molecule has 0 saturated carbocycles. The Balaban J connectivity index is 2.44. The van der Waals surface area contributed by atoms with E-state index in [0.717, 1.165) is 12.1 Å².